The van der Waals surface area contributed by atoms with Crippen LogP contribution in [0.15, 0.2) is 47.4 Å². The number of nitrogens with one attached hydrogen (secondary N) is 1. The fourth-order valence-corrected chi connectivity index (χ4v) is 4.08. The van der Waals surface area contributed by atoms with Crippen molar-refractivity contribution in [2.75, 3.05) is 6.61 Å². The number of carboxylic acid groups (broad SMARTS) is 1. The molecule has 142 valence electrons. The van der Waals surface area contributed by atoms with Gasteiger partial charge in [-0.15, -0.1) is 11.8 Å². The lowest BCUT2D eigenvalue weighted by Crippen LogP contribution is -2.32. The molecule has 0 fully saturated rings. The number of rotatable bonds is 6. The molecule has 1 heterocycles. The minimum Gasteiger partial charge on any atom is -0.493 e. The van der Waals surface area contributed by atoms with Gasteiger partial charge in [-0.25, -0.2) is 0 Å². The molecule has 3 rings (SSSR count). The van der Waals surface area contributed by atoms with Gasteiger partial charge in [0.1, 0.15) is 11.0 Å². The fraction of sp³-hybridized carbons (Fsp3) is 0.333. The smallest absolute Gasteiger partial charge is 0.316 e. The van der Waals surface area contributed by atoms with E-state index >= 15 is 0 Å². The molecule has 2 N–H and O–H groups in total. The van der Waals surface area contributed by atoms with Gasteiger partial charge in [-0.05, 0) is 31.0 Å². The van der Waals surface area contributed by atoms with Gasteiger partial charge >= 0.3 is 5.97 Å². The van der Waals surface area contributed by atoms with Gasteiger partial charge in [0.2, 0.25) is 0 Å². The van der Waals surface area contributed by atoms with E-state index in [1.54, 1.807) is 25.1 Å². The quantitative estimate of drug-likeness (QED) is 0.733. The Hall–Kier alpha value is -2.47. The molecule has 2 aromatic carbocycles. The van der Waals surface area contributed by atoms with Crippen LogP contribution in [-0.2, 0) is 11.2 Å². The van der Waals surface area contributed by atoms with Gasteiger partial charge in [-0.3, -0.25) is 9.59 Å². The largest absolute Gasteiger partial charge is 0.493 e. The molecule has 2 unspecified atom stereocenters. The zero-order valence-electron chi connectivity index (χ0n) is 15.4. The number of fused-ring (bicyclic) bond motifs is 1. The third-order valence-corrected chi connectivity index (χ3v) is 5.79. The van der Waals surface area contributed by atoms with Crippen LogP contribution in [-0.4, -0.2) is 28.8 Å². The van der Waals surface area contributed by atoms with Crippen LogP contribution in [0.1, 0.15) is 47.8 Å². The van der Waals surface area contributed by atoms with Crippen molar-refractivity contribution < 1.29 is 19.4 Å². The molecule has 0 saturated carbocycles. The molecule has 0 radical (unpaired) electrons. The zero-order valence-corrected chi connectivity index (χ0v) is 16.2. The highest BCUT2D eigenvalue weighted by molar-refractivity contribution is 8.00. The maximum Gasteiger partial charge on any atom is 0.316 e. The number of hydrogen-bond donors (Lipinski definition) is 2. The van der Waals surface area contributed by atoms with E-state index in [9.17, 15) is 9.59 Å². The number of carbonyl (C=O) groups is 2. The zero-order chi connectivity index (χ0) is 19.4. The van der Waals surface area contributed by atoms with Crippen molar-refractivity contribution in [2.45, 2.75) is 42.9 Å². The van der Waals surface area contributed by atoms with Gasteiger partial charge in [-0.1, -0.05) is 37.3 Å². The number of aliphatic carboxylic acids is 1. The summed E-state index contributed by atoms with van der Waals surface area (Å²) in [5, 5.41) is 11.6. The molecule has 5 nitrogen and oxygen atoms in total. The maximum absolute atomic E-state index is 12.9. The van der Waals surface area contributed by atoms with Crippen LogP contribution < -0.4 is 10.1 Å². The highest BCUT2D eigenvalue weighted by atomic mass is 32.2. The van der Waals surface area contributed by atoms with Gasteiger partial charge in [0.25, 0.3) is 5.91 Å². The Balaban J connectivity index is 1.83. The lowest BCUT2D eigenvalue weighted by molar-refractivity contribution is -0.136. The summed E-state index contributed by atoms with van der Waals surface area (Å²) in [6, 6.07) is 13.0. The standard InChI is InChI=1S/C21H23NO4S/c1-3-14-7-6-9-15-17(11-12-26-19(14)15)22-20(23)16-8-4-5-10-18(16)27-13(2)21(24)25/h4-10,13,17H,3,11-12H2,1-2H3,(H,22,23)(H,24,25). The predicted octanol–water partition coefficient (Wildman–Crippen LogP) is 4.07. The van der Waals surface area contributed by atoms with E-state index in [1.165, 1.54) is 11.8 Å². The maximum atomic E-state index is 12.9. The lowest BCUT2D eigenvalue weighted by Gasteiger charge is -2.28. The van der Waals surface area contributed by atoms with Crippen molar-refractivity contribution in [2.24, 2.45) is 0 Å². The summed E-state index contributed by atoms with van der Waals surface area (Å²) < 4.78 is 5.85. The normalized spacial score (nSPS) is 16.7. The summed E-state index contributed by atoms with van der Waals surface area (Å²) in [7, 11) is 0. The van der Waals surface area contributed by atoms with E-state index in [4.69, 9.17) is 9.84 Å². The van der Waals surface area contributed by atoms with Gasteiger partial charge in [0.15, 0.2) is 0 Å². The molecule has 0 saturated heterocycles. The first-order valence-corrected chi connectivity index (χ1v) is 9.93. The summed E-state index contributed by atoms with van der Waals surface area (Å²) in [6.45, 7) is 4.25. The van der Waals surface area contributed by atoms with Crippen molar-refractivity contribution in [1.29, 1.82) is 0 Å². The Labute approximate surface area is 163 Å². The molecule has 6 heteroatoms. The van der Waals surface area contributed by atoms with Crippen molar-refractivity contribution in [3.05, 3.63) is 59.2 Å². The van der Waals surface area contributed by atoms with E-state index < -0.39 is 11.2 Å². The Morgan fingerprint density at radius 2 is 2.04 bits per heavy atom. The van der Waals surface area contributed by atoms with E-state index in [0.29, 0.717) is 23.5 Å². The molecule has 1 aliphatic heterocycles. The fourth-order valence-electron chi connectivity index (χ4n) is 3.15. The second-order valence-electron chi connectivity index (χ2n) is 6.45. The van der Waals surface area contributed by atoms with Crippen molar-refractivity contribution >= 4 is 23.6 Å². The highest BCUT2D eigenvalue weighted by Crippen LogP contribution is 2.36. The Bertz CT molecular complexity index is 852. The highest BCUT2D eigenvalue weighted by Gasteiger charge is 2.26. The number of amides is 1. The van der Waals surface area contributed by atoms with Crippen molar-refractivity contribution in [3.63, 3.8) is 0 Å². The average Bonchev–Trinajstić information content (AvgIpc) is 2.68. The predicted molar refractivity (Wildman–Crippen MR) is 106 cm³/mol. The lowest BCUT2D eigenvalue weighted by atomic mass is 9.96. The molecule has 0 aliphatic carbocycles. The molecule has 1 amide bonds. The van der Waals surface area contributed by atoms with Crippen LogP contribution in [0.3, 0.4) is 0 Å². The Morgan fingerprint density at radius 1 is 1.26 bits per heavy atom. The summed E-state index contributed by atoms with van der Waals surface area (Å²) in [4.78, 5) is 24.8. The number of carbonyl (C=O) groups excluding carboxylic acids is 1. The van der Waals surface area contributed by atoms with Crippen LogP contribution in [0.4, 0.5) is 0 Å². The first-order valence-electron chi connectivity index (χ1n) is 9.05. The van der Waals surface area contributed by atoms with Gasteiger partial charge < -0.3 is 15.2 Å². The average molecular weight is 385 g/mol. The third-order valence-electron chi connectivity index (χ3n) is 4.62. The van der Waals surface area contributed by atoms with E-state index in [1.807, 2.05) is 24.3 Å². The second-order valence-corrected chi connectivity index (χ2v) is 7.83. The number of ether oxygens (including phenoxy) is 1. The van der Waals surface area contributed by atoms with Gasteiger partial charge in [0, 0.05) is 16.9 Å². The summed E-state index contributed by atoms with van der Waals surface area (Å²) in [5.74, 6) is -0.227. The van der Waals surface area contributed by atoms with Crippen molar-refractivity contribution in [3.8, 4) is 5.75 Å². The molecule has 2 atom stereocenters. The van der Waals surface area contributed by atoms with E-state index in [2.05, 4.69) is 12.2 Å². The SMILES string of the molecule is CCc1cccc2c1OCCC2NC(=O)c1ccccc1SC(C)C(=O)O. The third kappa shape index (κ3) is 4.27. The monoisotopic (exact) mass is 385 g/mol. The molecular weight excluding hydrogens is 362 g/mol. The minimum absolute atomic E-state index is 0.122. The summed E-state index contributed by atoms with van der Waals surface area (Å²) in [6.07, 6.45) is 1.57. The first kappa shape index (κ1) is 19.3. The number of aryl methyl sites for hydroxylation is 1. The van der Waals surface area contributed by atoms with Crippen LogP contribution in [0.25, 0.3) is 0 Å². The Morgan fingerprint density at radius 3 is 2.78 bits per heavy atom. The van der Waals surface area contributed by atoms with E-state index in [-0.39, 0.29) is 11.9 Å². The number of benzene rings is 2. The van der Waals surface area contributed by atoms with Crippen LogP contribution >= 0.6 is 11.8 Å². The van der Waals surface area contributed by atoms with E-state index in [0.717, 1.165) is 23.3 Å². The Kier molecular flexibility index (Phi) is 6.06. The number of hydrogen-bond acceptors (Lipinski definition) is 4. The molecule has 1 aliphatic rings. The summed E-state index contributed by atoms with van der Waals surface area (Å²) >= 11 is 1.18. The minimum atomic E-state index is -0.902. The number of para-hydroxylation sites is 1. The number of carboxylic acids is 1. The molecule has 27 heavy (non-hydrogen) atoms. The van der Waals surface area contributed by atoms with Crippen LogP contribution in [0, 0.1) is 0 Å². The second kappa shape index (κ2) is 8.48. The molecular formula is C21H23NO4S. The topological polar surface area (TPSA) is 75.6 Å². The number of thioether (sulfide) groups is 1. The molecule has 0 bridgehead atoms. The molecule has 2 aromatic rings. The molecule has 0 spiro atoms. The molecule has 0 aromatic heterocycles. The van der Waals surface area contributed by atoms with Crippen LogP contribution in [0.5, 0.6) is 5.75 Å². The summed E-state index contributed by atoms with van der Waals surface area (Å²) in [5.41, 5.74) is 2.63. The van der Waals surface area contributed by atoms with Gasteiger partial charge in [0.05, 0.1) is 18.2 Å². The van der Waals surface area contributed by atoms with Gasteiger partial charge in [-0.2, -0.15) is 0 Å². The first-order chi connectivity index (χ1) is 13.0. The van der Waals surface area contributed by atoms with Crippen molar-refractivity contribution in [1.82, 2.24) is 5.32 Å². The van der Waals surface area contributed by atoms with Crippen LogP contribution in [0.2, 0.25) is 0 Å².